The molecule has 0 saturated carbocycles. The van der Waals surface area contributed by atoms with Gasteiger partial charge < -0.3 is 4.42 Å². The molecule has 0 radical (unpaired) electrons. The Bertz CT molecular complexity index is 968. The summed E-state index contributed by atoms with van der Waals surface area (Å²) in [4.78, 5) is 33.1. The van der Waals surface area contributed by atoms with E-state index in [2.05, 4.69) is 15.3 Å². The van der Waals surface area contributed by atoms with Gasteiger partial charge in [-0.2, -0.15) is 0 Å². The summed E-state index contributed by atoms with van der Waals surface area (Å²) in [5, 5.41) is 3.20. The van der Waals surface area contributed by atoms with Gasteiger partial charge in [-0.05, 0) is 36.4 Å². The van der Waals surface area contributed by atoms with Gasteiger partial charge in [0.15, 0.2) is 5.78 Å². The number of nitrogens with zero attached hydrogens (tertiary/aromatic N) is 2. The van der Waals surface area contributed by atoms with Crippen LogP contribution in [0.5, 0.6) is 0 Å². The van der Waals surface area contributed by atoms with Gasteiger partial charge in [-0.1, -0.05) is 11.6 Å². The maximum absolute atomic E-state index is 12.4. The minimum absolute atomic E-state index is 0.0248. The van der Waals surface area contributed by atoms with Crippen LogP contribution in [0.4, 0.5) is 5.95 Å². The Labute approximate surface area is 154 Å². The zero-order valence-electron chi connectivity index (χ0n) is 13.6. The lowest BCUT2D eigenvalue weighted by molar-refractivity contribution is 0.0958. The van der Waals surface area contributed by atoms with E-state index in [9.17, 15) is 9.59 Å². The number of rotatable bonds is 3. The molecule has 1 N–H and O–H groups in total. The second-order valence-corrected chi connectivity index (χ2v) is 6.50. The molecule has 0 fully saturated rings. The Balaban J connectivity index is 1.56. The predicted molar refractivity (Wildman–Crippen MR) is 95.5 cm³/mol. The summed E-state index contributed by atoms with van der Waals surface area (Å²) in [5.74, 6) is 0.500. The first kappa shape index (κ1) is 16.5. The fraction of sp³-hybridized carbons (Fsp3) is 0.158. The molecule has 1 aliphatic carbocycles. The van der Waals surface area contributed by atoms with Crippen molar-refractivity contribution in [2.45, 2.75) is 18.8 Å². The van der Waals surface area contributed by atoms with Gasteiger partial charge in [-0.15, -0.1) is 0 Å². The van der Waals surface area contributed by atoms with Crippen molar-refractivity contribution < 1.29 is 14.0 Å². The summed E-state index contributed by atoms with van der Waals surface area (Å²) in [6.45, 7) is 0. The number of ketones is 1. The van der Waals surface area contributed by atoms with Crippen molar-refractivity contribution in [2.24, 2.45) is 0 Å². The highest BCUT2D eigenvalue weighted by Gasteiger charge is 2.29. The first-order valence-corrected chi connectivity index (χ1v) is 8.47. The zero-order valence-corrected chi connectivity index (χ0v) is 14.4. The molecule has 0 unspecified atom stereocenters. The van der Waals surface area contributed by atoms with Crippen LogP contribution < -0.4 is 5.32 Å². The van der Waals surface area contributed by atoms with Crippen molar-refractivity contribution in [1.29, 1.82) is 0 Å². The van der Waals surface area contributed by atoms with E-state index in [1.165, 1.54) is 6.20 Å². The SMILES string of the molecule is O=C(Nc1ncc2c(n1)C[C@H](c1ccco1)CC2=O)c1ccc(Cl)cc1. The number of amides is 1. The summed E-state index contributed by atoms with van der Waals surface area (Å²) < 4.78 is 5.42. The monoisotopic (exact) mass is 367 g/mol. The van der Waals surface area contributed by atoms with Crippen LogP contribution in [0.3, 0.4) is 0 Å². The molecule has 26 heavy (non-hydrogen) atoms. The van der Waals surface area contributed by atoms with Crippen LogP contribution >= 0.6 is 11.6 Å². The first-order chi connectivity index (χ1) is 12.6. The number of hydrogen-bond donors (Lipinski definition) is 1. The molecule has 130 valence electrons. The van der Waals surface area contributed by atoms with Gasteiger partial charge in [0, 0.05) is 35.5 Å². The van der Waals surface area contributed by atoms with E-state index in [4.69, 9.17) is 16.0 Å². The predicted octanol–water partition coefficient (Wildman–Crippen LogP) is 3.89. The van der Waals surface area contributed by atoms with Crippen LogP contribution in [-0.2, 0) is 6.42 Å². The normalized spacial score (nSPS) is 16.2. The van der Waals surface area contributed by atoms with Crippen LogP contribution in [0.2, 0.25) is 5.02 Å². The van der Waals surface area contributed by atoms with Crippen molar-refractivity contribution in [3.8, 4) is 0 Å². The maximum Gasteiger partial charge on any atom is 0.258 e. The van der Waals surface area contributed by atoms with Crippen LogP contribution in [-0.4, -0.2) is 21.7 Å². The fourth-order valence-corrected chi connectivity index (χ4v) is 3.13. The number of carbonyl (C=O) groups is 2. The summed E-state index contributed by atoms with van der Waals surface area (Å²) in [7, 11) is 0. The molecule has 1 atom stereocenters. The quantitative estimate of drug-likeness (QED) is 0.759. The molecular formula is C19H14ClN3O3. The molecular weight excluding hydrogens is 354 g/mol. The highest BCUT2D eigenvalue weighted by molar-refractivity contribution is 6.30. The lowest BCUT2D eigenvalue weighted by Gasteiger charge is -2.21. The summed E-state index contributed by atoms with van der Waals surface area (Å²) >= 11 is 5.83. The van der Waals surface area contributed by atoms with Gasteiger partial charge in [-0.25, -0.2) is 9.97 Å². The minimum Gasteiger partial charge on any atom is -0.469 e. The number of furan rings is 1. The average molecular weight is 368 g/mol. The zero-order chi connectivity index (χ0) is 18.1. The molecule has 0 bridgehead atoms. The van der Waals surface area contributed by atoms with Gasteiger partial charge in [0.05, 0.1) is 17.5 Å². The number of benzene rings is 1. The number of anilines is 1. The van der Waals surface area contributed by atoms with Gasteiger partial charge >= 0.3 is 0 Å². The second kappa shape index (κ2) is 6.72. The molecule has 2 aromatic heterocycles. The van der Waals surface area contributed by atoms with Crippen molar-refractivity contribution in [1.82, 2.24) is 9.97 Å². The van der Waals surface area contributed by atoms with E-state index in [-0.39, 0.29) is 23.6 Å². The van der Waals surface area contributed by atoms with Gasteiger partial charge in [0.25, 0.3) is 5.91 Å². The third-order valence-corrected chi connectivity index (χ3v) is 4.57. The molecule has 0 spiro atoms. The summed E-state index contributed by atoms with van der Waals surface area (Å²) in [6, 6.07) is 10.2. The lowest BCUT2D eigenvalue weighted by Crippen LogP contribution is -2.22. The Hall–Kier alpha value is -2.99. The lowest BCUT2D eigenvalue weighted by atomic mass is 9.85. The van der Waals surface area contributed by atoms with Crippen LogP contribution in [0.25, 0.3) is 0 Å². The molecule has 3 aromatic rings. The van der Waals surface area contributed by atoms with E-state index in [1.54, 1.807) is 36.6 Å². The minimum atomic E-state index is -0.341. The Morgan fingerprint density at radius 1 is 1.19 bits per heavy atom. The highest BCUT2D eigenvalue weighted by Crippen LogP contribution is 2.32. The number of nitrogens with one attached hydrogen (secondary N) is 1. The average Bonchev–Trinajstić information content (AvgIpc) is 3.16. The molecule has 2 heterocycles. The topological polar surface area (TPSA) is 85.1 Å². The van der Waals surface area contributed by atoms with E-state index in [0.717, 1.165) is 5.76 Å². The van der Waals surface area contributed by atoms with Crippen molar-refractivity contribution in [3.63, 3.8) is 0 Å². The Morgan fingerprint density at radius 3 is 2.73 bits per heavy atom. The van der Waals surface area contributed by atoms with Crippen molar-refractivity contribution in [3.05, 3.63) is 76.5 Å². The molecule has 0 saturated heterocycles. The fourth-order valence-electron chi connectivity index (χ4n) is 3.00. The standard InChI is InChI=1S/C19H14ClN3O3/c20-13-5-3-11(4-6-13)18(25)23-19-21-10-14-15(22-19)8-12(9-16(14)24)17-2-1-7-26-17/h1-7,10,12H,8-9H2,(H,21,22,23,25)/t12-/m0/s1. The number of carbonyl (C=O) groups excluding carboxylic acids is 2. The number of fused-ring (bicyclic) bond motifs is 1. The number of Topliss-reactive ketones (excluding diaryl/α,β-unsaturated/α-hetero) is 1. The van der Waals surface area contributed by atoms with Crippen LogP contribution in [0.15, 0.2) is 53.3 Å². The Morgan fingerprint density at radius 2 is 2.00 bits per heavy atom. The van der Waals surface area contributed by atoms with E-state index in [1.807, 2.05) is 6.07 Å². The second-order valence-electron chi connectivity index (χ2n) is 6.06. The largest absolute Gasteiger partial charge is 0.469 e. The molecule has 1 aliphatic rings. The summed E-state index contributed by atoms with van der Waals surface area (Å²) in [5.41, 5.74) is 1.56. The third-order valence-electron chi connectivity index (χ3n) is 4.32. The van der Waals surface area contributed by atoms with Gasteiger partial charge in [0.2, 0.25) is 5.95 Å². The van der Waals surface area contributed by atoms with Crippen molar-refractivity contribution in [2.75, 3.05) is 5.32 Å². The van der Waals surface area contributed by atoms with Gasteiger partial charge in [0.1, 0.15) is 5.76 Å². The van der Waals surface area contributed by atoms with Gasteiger partial charge in [-0.3, -0.25) is 14.9 Å². The van der Waals surface area contributed by atoms with E-state index in [0.29, 0.717) is 34.7 Å². The molecule has 7 heteroatoms. The van der Waals surface area contributed by atoms with Crippen LogP contribution in [0.1, 0.15) is 44.5 Å². The molecule has 6 nitrogen and oxygen atoms in total. The van der Waals surface area contributed by atoms with E-state index < -0.39 is 0 Å². The highest BCUT2D eigenvalue weighted by atomic mass is 35.5. The molecule has 1 aromatic carbocycles. The summed E-state index contributed by atoms with van der Waals surface area (Å²) in [6.07, 6.45) is 3.98. The molecule has 0 aliphatic heterocycles. The van der Waals surface area contributed by atoms with Crippen molar-refractivity contribution >= 4 is 29.2 Å². The van der Waals surface area contributed by atoms with E-state index >= 15 is 0 Å². The number of halogens is 1. The third kappa shape index (κ3) is 3.23. The molecule has 4 rings (SSSR count). The smallest absolute Gasteiger partial charge is 0.258 e. The number of hydrogen-bond acceptors (Lipinski definition) is 5. The molecule has 1 amide bonds. The Kier molecular flexibility index (Phi) is 4.26. The van der Waals surface area contributed by atoms with Crippen LogP contribution in [0, 0.1) is 0 Å². The number of aromatic nitrogens is 2. The first-order valence-electron chi connectivity index (χ1n) is 8.09. The maximum atomic E-state index is 12.4.